The number of carbonyl (C=O) groups is 2. The van der Waals surface area contributed by atoms with Gasteiger partial charge in [-0.3, -0.25) is 9.59 Å². The first-order valence-electron chi connectivity index (χ1n) is 10.5. The van der Waals surface area contributed by atoms with Crippen molar-refractivity contribution in [2.45, 2.75) is 64.1 Å². The van der Waals surface area contributed by atoms with Crippen LogP contribution in [-0.4, -0.2) is 28.8 Å². The highest BCUT2D eigenvalue weighted by Crippen LogP contribution is 2.24. The van der Waals surface area contributed by atoms with Crippen LogP contribution in [0.25, 0.3) is 0 Å². The lowest BCUT2D eigenvalue weighted by molar-refractivity contribution is -0.140. The number of amides is 2. The van der Waals surface area contributed by atoms with Crippen molar-refractivity contribution in [2.24, 2.45) is 0 Å². The molecule has 4 nitrogen and oxygen atoms in total. The summed E-state index contributed by atoms with van der Waals surface area (Å²) in [6.07, 6.45) is 5.27. The van der Waals surface area contributed by atoms with E-state index < -0.39 is 6.04 Å². The van der Waals surface area contributed by atoms with Gasteiger partial charge in [-0.15, -0.1) is 0 Å². The van der Waals surface area contributed by atoms with Gasteiger partial charge in [-0.05, 0) is 49.4 Å². The molecule has 0 aliphatic heterocycles. The average Bonchev–Trinajstić information content (AvgIpc) is 3.26. The SMILES string of the molecule is C[C@H](C(=O)NC1CCCC1)N(Cc1ccc(Cl)c(Cl)c1)C(=O)CCc1ccccc1. The monoisotopic (exact) mass is 446 g/mol. The summed E-state index contributed by atoms with van der Waals surface area (Å²) in [5.41, 5.74) is 1.95. The van der Waals surface area contributed by atoms with Gasteiger partial charge in [0, 0.05) is 19.0 Å². The van der Waals surface area contributed by atoms with Crippen molar-refractivity contribution in [2.75, 3.05) is 0 Å². The average molecular weight is 447 g/mol. The van der Waals surface area contributed by atoms with Crippen molar-refractivity contribution < 1.29 is 9.59 Å². The fourth-order valence-electron chi connectivity index (χ4n) is 3.85. The molecule has 1 fully saturated rings. The minimum atomic E-state index is -0.566. The highest BCUT2D eigenvalue weighted by molar-refractivity contribution is 6.42. The number of hydrogen-bond acceptors (Lipinski definition) is 2. The normalized spacial score (nSPS) is 15.0. The first-order chi connectivity index (χ1) is 14.4. The Bertz CT molecular complexity index is 867. The van der Waals surface area contributed by atoms with Crippen LogP contribution in [0.15, 0.2) is 48.5 Å². The Morgan fingerprint density at radius 1 is 1.03 bits per heavy atom. The first kappa shape index (κ1) is 22.6. The topological polar surface area (TPSA) is 49.4 Å². The Morgan fingerprint density at radius 2 is 1.73 bits per heavy atom. The van der Waals surface area contributed by atoms with Crippen LogP contribution in [0.1, 0.15) is 50.2 Å². The van der Waals surface area contributed by atoms with Crippen LogP contribution < -0.4 is 5.32 Å². The van der Waals surface area contributed by atoms with Crippen molar-refractivity contribution in [3.05, 3.63) is 69.7 Å². The quantitative estimate of drug-likeness (QED) is 0.589. The van der Waals surface area contributed by atoms with Gasteiger partial charge in [0.25, 0.3) is 0 Å². The zero-order valence-electron chi connectivity index (χ0n) is 17.2. The van der Waals surface area contributed by atoms with E-state index in [9.17, 15) is 9.59 Å². The van der Waals surface area contributed by atoms with E-state index in [2.05, 4.69) is 5.32 Å². The fourth-order valence-corrected chi connectivity index (χ4v) is 4.17. The third-order valence-corrected chi connectivity index (χ3v) is 6.42. The van der Waals surface area contributed by atoms with Crippen molar-refractivity contribution in [1.29, 1.82) is 0 Å². The molecule has 160 valence electrons. The molecule has 30 heavy (non-hydrogen) atoms. The van der Waals surface area contributed by atoms with Crippen LogP contribution in [-0.2, 0) is 22.6 Å². The molecule has 0 heterocycles. The molecule has 0 bridgehead atoms. The van der Waals surface area contributed by atoms with E-state index in [-0.39, 0.29) is 17.9 Å². The molecule has 3 rings (SSSR count). The third-order valence-electron chi connectivity index (χ3n) is 5.68. The van der Waals surface area contributed by atoms with Crippen molar-refractivity contribution in [1.82, 2.24) is 10.2 Å². The molecule has 1 aliphatic rings. The van der Waals surface area contributed by atoms with Gasteiger partial charge in [-0.1, -0.05) is 72.4 Å². The van der Waals surface area contributed by atoms with Gasteiger partial charge in [0.05, 0.1) is 10.0 Å². The molecule has 0 saturated heterocycles. The molecule has 2 aromatic carbocycles. The summed E-state index contributed by atoms with van der Waals surface area (Å²) in [4.78, 5) is 27.7. The smallest absolute Gasteiger partial charge is 0.242 e. The van der Waals surface area contributed by atoms with Crippen molar-refractivity contribution in [3.63, 3.8) is 0 Å². The zero-order valence-corrected chi connectivity index (χ0v) is 18.8. The fraction of sp³-hybridized carbons (Fsp3) is 0.417. The summed E-state index contributed by atoms with van der Waals surface area (Å²) in [6.45, 7) is 2.10. The van der Waals surface area contributed by atoms with Crippen molar-refractivity contribution in [3.8, 4) is 0 Å². The standard InChI is InChI=1S/C24H28Cl2N2O2/c1-17(24(30)27-20-9-5-6-10-20)28(16-19-11-13-21(25)22(26)15-19)23(29)14-12-18-7-3-2-4-8-18/h2-4,7-8,11,13,15,17,20H,5-6,9-10,12,14,16H2,1H3,(H,27,30)/t17-/m1/s1. The van der Waals surface area contributed by atoms with E-state index >= 15 is 0 Å². The summed E-state index contributed by atoms with van der Waals surface area (Å²) in [5, 5.41) is 4.02. The Labute approximate surface area is 188 Å². The van der Waals surface area contributed by atoms with E-state index in [0.29, 0.717) is 29.4 Å². The molecule has 2 aromatic rings. The minimum absolute atomic E-state index is 0.0565. The van der Waals surface area contributed by atoms with Gasteiger partial charge in [0.15, 0.2) is 0 Å². The second-order valence-corrected chi connectivity index (χ2v) is 8.74. The lowest BCUT2D eigenvalue weighted by atomic mass is 10.1. The number of hydrogen-bond donors (Lipinski definition) is 1. The highest BCUT2D eigenvalue weighted by Gasteiger charge is 2.28. The van der Waals surface area contributed by atoms with E-state index in [1.807, 2.05) is 36.4 Å². The minimum Gasteiger partial charge on any atom is -0.352 e. The van der Waals surface area contributed by atoms with Gasteiger partial charge in [0.2, 0.25) is 11.8 Å². The van der Waals surface area contributed by atoms with Crippen LogP contribution in [0.4, 0.5) is 0 Å². The number of rotatable bonds is 8. The second kappa shape index (κ2) is 10.8. The van der Waals surface area contributed by atoms with Crippen LogP contribution in [0.5, 0.6) is 0 Å². The second-order valence-electron chi connectivity index (χ2n) is 7.92. The number of benzene rings is 2. The van der Waals surface area contributed by atoms with Crippen LogP contribution in [0.3, 0.4) is 0 Å². The molecular weight excluding hydrogens is 419 g/mol. The molecular formula is C24H28Cl2N2O2. The molecule has 1 saturated carbocycles. The number of halogens is 2. The number of carbonyl (C=O) groups excluding carboxylic acids is 2. The Hall–Kier alpha value is -2.04. The zero-order chi connectivity index (χ0) is 21.5. The molecule has 0 spiro atoms. The molecule has 6 heteroatoms. The molecule has 0 unspecified atom stereocenters. The molecule has 1 N–H and O–H groups in total. The number of nitrogens with one attached hydrogen (secondary N) is 1. The summed E-state index contributed by atoms with van der Waals surface area (Å²) < 4.78 is 0. The van der Waals surface area contributed by atoms with Gasteiger partial charge in [-0.2, -0.15) is 0 Å². The lowest BCUT2D eigenvalue weighted by Crippen LogP contribution is -2.49. The van der Waals surface area contributed by atoms with E-state index in [1.54, 1.807) is 24.0 Å². The van der Waals surface area contributed by atoms with E-state index in [1.165, 1.54) is 0 Å². The maximum Gasteiger partial charge on any atom is 0.242 e. The van der Waals surface area contributed by atoms with Gasteiger partial charge in [-0.25, -0.2) is 0 Å². The predicted octanol–water partition coefficient (Wildman–Crippen LogP) is 5.40. The lowest BCUT2D eigenvalue weighted by Gasteiger charge is -2.30. The van der Waals surface area contributed by atoms with E-state index in [0.717, 1.165) is 36.8 Å². The number of aryl methyl sites for hydroxylation is 1. The van der Waals surface area contributed by atoms with Crippen molar-refractivity contribution >= 4 is 35.0 Å². The van der Waals surface area contributed by atoms with Crippen LogP contribution in [0, 0.1) is 0 Å². The summed E-state index contributed by atoms with van der Waals surface area (Å²) in [7, 11) is 0. The maximum atomic E-state index is 13.1. The summed E-state index contributed by atoms with van der Waals surface area (Å²) >= 11 is 12.2. The van der Waals surface area contributed by atoms with E-state index in [4.69, 9.17) is 23.2 Å². The third kappa shape index (κ3) is 6.23. The summed E-state index contributed by atoms with van der Waals surface area (Å²) in [6, 6.07) is 14.9. The van der Waals surface area contributed by atoms with Gasteiger partial charge >= 0.3 is 0 Å². The number of nitrogens with zero attached hydrogens (tertiary/aromatic N) is 1. The van der Waals surface area contributed by atoms with Crippen LogP contribution >= 0.6 is 23.2 Å². The molecule has 0 radical (unpaired) electrons. The first-order valence-corrected chi connectivity index (χ1v) is 11.3. The van der Waals surface area contributed by atoms with Crippen LogP contribution in [0.2, 0.25) is 10.0 Å². The highest BCUT2D eigenvalue weighted by atomic mass is 35.5. The maximum absolute atomic E-state index is 13.1. The molecule has 2 amide bonds. The molecule has 1 atom stereocenters. The van der Waals surface area contributed by atoms with Gasteiger partial charge < -0.3 is 10.2 Å². The molecule has 0 aromatic heterocycles. The van der Waals surface area contributed by atoms with Gasteiger partial charge in [0.1, 0.15) is 6.04 Å². The summed E-state index contributed by atoms with van der Waals surface area (Å²) in [5.74, 6) is -0.158. The Balaban J connectivity index is 1.72. The largest absolute Gasteiger partial charge is 0.352 e. The molecule has 1 aliphatic carbocycles. The Kier molecular flexibility index (Phi) is 8.17. The Morgan fingerprint density at radius 3 is 2.40 bits per heavy atom. The predicted molar refractivity (Wildman–Crippen MR) is 122 cm³/mol.